The van der Waals surface area contributed by atoms with Gasteiger partial charge >= 0.3 is 0 Å². The van der Waals surface area contributed by atoms with Crippen LogP contribution in [-0.4, -0.2) is 95.8 Å². The smallest absolute Gasteiger partial charge is 0.289 e. The van der Waals surface area contributed by atoms with Gasteiger partial charge in [-0.2, -0.15) is 4.98 Å². The van der Waals surface area contributed by atoms with Crippen molar-refractivity contribution in [2.75, 3.05) is 51.9 Å². The summed E-state index contributed by atoms with van der Waals surface area (Å²) in [4.78, 5) is 45.5. The average Bonchev–Trinajstić information content (AvgIpc) is 2.97. The number of pyridine rings is 2. The summed E-state index contributed by atoms with van der Waals surface area (Å²) in [6.45, 7) is 2.80. The molecule has 3 aromatic heterocycles. The highest BCUT2D eigenvalue weighted by Crippen LogP contribution is 2.31. The Kier molecular flexibility index (Phi) is 8.30. The highest BCUT2D eigenvalue weighted by Gasteiger charge is 2.26. The molecule has 2 aliphatic rings. The Balaban J connectivity index is 1.15. The summed E-state index contributed by atoms with van der Waals surface area (Å²) in [6, 6.07) is 5.88. The zero-order chi connectivity index (χ0) is 27.2. The van der Waals surface area contributed by atoms with E-state index in [9.17, 15) is 9.59 Å². The Morgan fingerprint density at radius 3 is 2.56 bits per heavy atom. The minimum Gasteiger partial charge on any atom is -0.481 e. The molecule has 1 saturated heterocycles. The number of hydrogen-bond donors (Lipinski definition) is 1. The van der Waals surface area contributed by atoms with Crippen molar-refractivity contribution in [1.82, 2.24) is 30.2 Å². The van der Waals surface area contributed by atoms with Crippen LogP contribution in [-0.2, 0) is 9.53 Å². The topological polar surface area (TPSA) is 132 Å². The number of aromatic nitrogens is 4. The van der Waals surface area contributed by atoms with Crippen LogP contribution in [0.1, 0.15) is 36.3 Å². The normalized spacial score (nSPS) is 19.4. The molecule has 3 aromatic rings. The van der Waals surface area contributed by atoms with Crippen LogP contribution in [0.15, 0.2) is 36.8 Å². The van der Waals surface area contributed by atoms with Crippen molar-refractivity contribution in [3.05, 3.63) is 42.6 Å². The first-order valence-corrected chi connectivity index (χ1v) is 13.2. The lowest BCUT2D eigenvalue weighted by Gasteiger charge is -2.30. The van der Waals surface area contributed by atoms with Gasteiger partial charge in [0.05, 0.1) is 36.5 Å². The summed E-state index contributed by atoms with van der Waals surface area (Å²) in [7, 11) is 3.30. The van der Waals surface area contributed by atoms with E-state index in [1.807, 2.05) is 18.2 Å². The molecule has 0 radical (unpaired) electrons. The quantitative estimate of drug-likeness (QED) is 0.456. The van der Waals surface area contributed by atoms with E-state index in [1.165, 1.54) is 17.3 Å². The molecule has 39 heavy (non-hydrogen) atoms. The number of amides is 2. The Morgan fingerprint density at radius 2 is 1.85 bits per heavy atom. The van der Waals surface area contributed by atoms with E-state index in [4.69, 9.17) is 19.2 Å². The maximum atomic E-state index is 12.7. The van der Waals surface area contributed by atoms with Crippen molar-refractivity contribution in [2.24, 2.45) is 0 Å². The second kappa shape index (κ2) is 12.2. The fraction of sp³-hybridized carbons (Fsp3) is 0.481. The number of rotatable bonds is 8. The Morgan fingerprint density at radius 1 is 1.10 bits per heavy atom. The molecule has 206 valence electrons. The van der Waals surface area contributed by atoms with Crippen LogP contribution in [0.4, 0.5) is 5.82 Å². The van der Waals surface area contributed by atoms with E-state index in [2.05, 4.69) is 25.2 Å². The van der Waals surface area contributed by atoms with E-state index in [1.54, 1.807) is 20.3 Å². The van der Waals surface area contributed by atoms with E-state index < -0.39 is 0 Å². The number of fused-ring (bicyclic) bond motifs is 1. The van der Waals surface area contributed by atoms with Crippen molar-refractivity contribution in [3.63, 3.8) is 0 Å². The maximum absolute atomic E-state index is 12.7. The molecular weight excluding hydrogens is 502 g/mol. The molecule has 0 atom stereocenters. The van der Waals surface area contributed by atoms with Crippen molar-refractivity contribution in [1.29, 1.82) is 0 Å². The SMILES string of the molecule is CN(C)C(=O)COc1cnc(C(=O)NC2CCC(Oc3nc(N4CCOCC4)cc4ncccc34)CC2)nc1. The zero-order valence-corrected chi connectivity index (χ0v) is 22.2. The number of ether oxygens (including phenoxy) is 3. The first kappa shape index (κ1) is 26.5. The third-order valence-corrected chi connectivity index (χ3v) is 6.87. The molecule has 1 saturated carbocycles. The van der Waals surface area contributed by atoms with Crippen LogP contribution in [0, 0.1) is 0 Å². The Labute approximate surface area is 226 Å². The van der Waals surface area contributed by atoms with Gasteiger partial charge in [0.15, 0.2) is 12.4 Å². The summed E-state index contributed by atoms with van der Waals surface area (Å²) in [5, 5.41) is 3.91. The second-order valence-corrected chi connectivity index (χ2v) is 9.84. The lowest BCUT2D eigenvalue weighted by Crippen LogP contribution is -2.40. The molecule has 1 N–H and O–H groups in total. The summed E-state index contributed by atoms with van der Waals surface area (Å²) < 4.78 is 17.3. The molecule has 12 nitrogen and oxygen atoms in total. The number of nitrogens with one attached hydrogen (secondary N) is 1. The van der Waals surface area contributed by atoms with Gasteiger partial charge < -0.3 is 29.3 Å². The molecule has 5 rings (SSSR count). The number of anilines is 1. The van der Waals surface area contributed by atoms with Crippen molar-refractivity contribution in [3.8, 4) is 11.6 Å². The highest BCUT2D eigenvalue weighted by molar-refractivity contribution is 5.90. The van der Waals surface area contributed by atoms with Crippen LogP contribution in [0.25, 0.3) is 10.9 Å². The van der Waals surface area contributed by atoms with Gasteiger partial charge in [-0.1, -0.05) is 0 Å². The lowest BCUT2D eigenvalue weighted by molar-refractivity contribution is -0.130. The summed E-state index contributed by atoms with van der Waals surface area (Å²) >= 11 is 0. The van der Waals surface area contributed by atoms with Crippen LogP contribution >= 0.6 is 0 Å². The van der Waals surface area contributed by atoms with Crippen molar-refractivity contribution in [2.45, 2.75) is 37.8 Å². The average molecular weight is 536 g/mol. The van der Waals surface area contributed by atoms with Gasteiger partial charge in [-0.3, -0.25) is 14.6 Å². The van der Waals surface area contributed by atoms with E-state index >= 15 is 0 Å². The fourth-order valence-electron chi connectivity index (χ4n) is 4.59. The third-order valence-electron chi connectivity index (χ3n) is 6.87. The Bertz CT molecular complexity index is 1290. The largest absolute Gasteiger partial charge is 0.481 e. The van der Waals surface area contributed by atoms with Gasteiger partial charge in [-0.15, -0.1) is 0 Å². The minimum absolute atomic E-state index is 0.000596. The third kappa shape index (κ3) is 6.69. The first-order valence-electron chi connectivity index (χ1n) is 13.2. The molecule has 0 bridgehead atoms. The lowest BCUT2D eigenvalue weighted by atomic mass is 9.93. The molecule has 0 unspecified atom stereocenters. The van der Waals surface area contributed by atoms with Gasteiger partial charge in [0, 0.05) is 45.5 Å². The van der Waals surface area contributed by atoms with Gasteiger partial charge in [0.1, 0.15) is 11.9 Å². The van der Waals surface area contributed by atoms with Gasteiger partial charge in [-0.25, -0.2) is 9.97 Å². The number of hydrogen-bond acceptors (Lipinski definition) is 10. The van der Waals surface area contributed by atoms with E-state index in [0.29, 0.717) is 24.8 Å². The summed E-state index contributed by atoms with van der Waals surface area (Å²) in [6.07, 6.45) is 7.66. The van der Waals surface area contributed by atoms with Crippen LogP contribution in [0.5, 0.6) is 11.6 Å². The highest BCUT2D eigenvalue weighted by atomic mass is 16.5. The summed E-state index contributed by atoms with van der Waals surface area (Å²) in [5.41, 5.74) is 0.852. The van der Waals surface area contributed by atoms with Gasteiger partial charge in [0.2, 0.25) is 11.7 Å². The molecule has 4 heterocycles. The van der Waals surface area contributed by atoms with Crippen LogP contribution < -0.4 is 19.7 Å². The maximum Gasteiger partial charge on any atom is 0.289 e. The molecule has 1 aliphatic carbocycles. The number of likely N-dealkylation sites (N-methyl/N-ethyl adjacent to an activating group) is 1. The number of carbonyl (C=O) groups is 2. The fourth-order valence-corrected chi connectivity index (χ4v) is 4.59. The molecule has 2 amide bonds. The predicted molar refractivity (Wildman–Crippen MR) is 143 cm³/mol. The second-order valence-electron chi connectivity index (χ2n) is 9.84. The summed E-state index contributed by atoms with van der Waals surface area (Å²) in [5.74, 6) is 1.31. The number of morpholine rings is 1. The van der Waals surface area contributed by atoms with Crippen molar-refractivity contribution < 1.29 is 23.8 Å². The predicted octanol–water partition coefficient (Wildman–Crippen LogP) is 1.84. The number of nitrogens with zero attached hydrogens (tertiary/aromatic N) is 6. The monoisotopic (exact) mass is 535 g/mol. The molecule has 12 heteroatoms. The van der Waals surface area contributed by atoms with E-state index in [0.717, 1.165) is 55.5 Å². The molecule has 2 fully saturated rings. The molecule has 0 spiro atoms. The Hall–Kier alpha value is -4.06. The van der Waals surface area contributed by atoms with Crippen molar-refractivity contribution >= 4 is 28.5 Å². The minimum atomic E-state index is -0.341. The van der Waals surface area contributed by atoms with Crippen LogP contribution in [0.3, 0.4) is 0 Å². The van der Waals surface area contributed by atoms with E-state index in [-0.39, 0.29) is 36.4 Å². The molecular formula is C27H33N7O5. The van der Waals surface area contributed by atoms with Gasteiger partial charge in [0.25, 0.3) is 11.8 Å². The molecule has 1 aliphatic heterocycles. The van der Waals surface area contributed by atoms with Gasteiger partial charge in [-0.05, 0) is 37.8 Å². The first-order chi connectivity index (χ1) is 19.0. The standard InChI is InChI=1S/C27H33N7O5/c1-33(2)24(35)17-38-20-15-29-25(30-16-20)26(36)31-18-5-7-19(8-6-18)39-27-21-4-3-9-28-22(21)14-23(32-27)34-10-12-37-13-11-34/h3-4,9,14-16,18-19H,5-8,10-13,17H2,1-2H3,(H,31,36). The number of carbonyl (C=O) groups excluding carboxylic acids is 2. The molecule has 0 aromatic carbocycles. The zero-order valence-electron chi connectivity index (χ0n) is 22.2. The van der Waals surface area contributed by atoms with Crippen LogP contribution in [0.2, 0.25) is 0 Å².